The molecule has 1 aliphatic rings. The number of hydrogen-bond donors (Lipinski definition) is 2. The molecule has 0 radical (unpaired) electrons. The van der Waals surface area contributed by atoms with Crippen molar-refractivity contribution in [3.05, 3.63) is 29.6 Å². The van der Waals surface area contributed by atoms with Crippen molar-refractivity contribution in [2.45, 2.75) is 46.2 Å². The van der Waals surface area contributed by atoms with Crippen LogP contribution in [-0.2, 0) is 16.6 Å². The maximum Gasteiger partial charge on any atom is 0.213 e. The van der Waals surface area contributed by atoms with Gasteiger partial charge in [0.2, 0.25) is 10.0 Å². The number of benzene rings is 1. The van der Waals surface area contributed by atoms with Crippen LogP contribution in [0, 0.1) is 5.82 Å². The summed E-state index contributed by atoms with van der Waals surface area (Å²) in [6.45, 7) is 7.93. The van der Waals surface area contributed by atoms with Gasteiger partial charge in [-0.3, -0.25) is 0 Å². The lowest BCUT2D eigenvalue weighted by molar-refractivity contribution is 0.306. The number of sulfonamides is 1. The summed E-state index contributed by atoms with van der Waals surface area (Å²) in [7, 11) is -3.13. The molecule has 1 saturated heterocycles. The second-order valence-electron chi connectivity index (χ2n) is 6.61. The highest BCUT2D eigenvalue weighted by atomic mass is 32.2. The molecule has 0 atom stereocenters. The Hall–Kier alpha value is -1.87. The minimum Gasteiger partial charge on any atom is -0.491 e. The lowest BCUT2D eigenvalue weighted by atomic mass is 10.1. The number of guanidine groups is 1. The zero-order valence-electron chi connectivity index (χ0n) is 16.9. The summed E-state index contributed by atoms with van der Waals surface area (Å²) < 4.78 is 44.7. The minimum absolute atomic E-state index is 0.133. The van der Waals surface area contributed by atoms with E-state index in [1.165, 1.54) is 6.07 Å². The van der Waals surface area contributed by atoms with Crippen LogP contribution < -0.4 is 15.4 Å². The van der Waals surface area contributed by atoms with E-state index in [0.717, 1.165) is 18.4 Å². The van der Waals surface area contributed by atoms with E-state index in [9.17, 15) is 12.8 Å². The second-order valence-corrected chi connectivity index (χ2v) is 8.87. The highest BCUT2D eigenvalue weighted by Crippen LogP contribution is 2.19. The number of halogens is 1. The van der Waals surface area contributed by atoms with Crippen molar-refractivity contribution in [1.29, 1.82) is 0 Å². The van der Waals surface area contributed by atoms with Crippen molar-refractivity contribution in [2.24, 2.45) is 4.99 Å². The van der Waals surface area contributed by atoms with Gasteiger partial charge >= 0.3 is 0 Å². The molecule has 7 nitrogen and oxygen atoms in total. The maximum absolute atomic E-state index is 14.0. The molecular formula is C19H31FN4O3S. The van der Waals surface area contributed by atoms with Gasteiger partial charge in [0.25, 0.3) is 0 Å². The molecule has 2 N–H and O–H groups in total. The molecule has 1 fully saturated rings. The van der Waals surface area contributed by atoms with E-state index < -0.39 is 15.8 Å². The Morgan fingerprint density at radius 1 is 1.29 bits per heavy atom. The molecule has 1 aromatic rings. The normalized spacial score (nSPS) is 16.8. The molecule has 0 aliphatic carbocycles. The highest BCUT2D eigenvalue weighted by Gasteiger charge is 2.26. The molecule has 0 amide bonds. The summed E-state index contributed by atoms with van der Waals surface area (Å²) in [5.41, 5.74) is 0.752. The molecule has 0 aromatic heterocycles. The third-order valence-corrected chi connectivity index (χ3v) is 6.49. The van der Waals surface area contributed by atoms with Crippen LogP contribution in [0.25, 0.3) is 0 Å². The minimum atomic E-state index is -3.13. The number of ether oxygens (including phenoxy) is 1. The summed E-state index contributed by atoms with van der Waals surface area (Å²) in [6.07, 6.45) is 1.45. The Labute approximate surface area is 167 Å². The van der Waals surface area contributed by atoms with Crippen molar-refractivity contribution in [1.82, 2.24) is 14.9 Å². The van der Waals surface area contributed by atoms with Gasteiger partial charge in [-0.1, -0.05) is 6.07 Å². The summed E-state index contributed by atoms with van der Waals surface area (Å²) in [6, 6.07) is 5.01. The predicted octanol–water partition coefficient (Wildman–Crippen LogP) is 2.09. The van der Waals surface area contributed by atoms with Crippen LogP contribution in [0.5, 0.6) is 5.75 Å². The van der Waals surface area contributed by atoms with E-state index in [2.05, 4.69) is 15.6 Å². The van der Waals surface area contributed by atoms with E-state index >= 15 is 0 Å². The number of hydrogen-bond acceptors (Lipinski definition) is 4. The van der Waals surface area contributed by atoms with Gasteiger partial charge in [0, 0.05) is 25.7 Å². The Morgan fingerprint density at radius 3 is 2.57 bits per heavy atom. The Bertz CT molecular complexity index is 762. The lowest BCUT2D eigenvalue weighted by Gasteiger charge is -2.32. The molecule has 0 saturated carbocycles. The monoisotopic (exact) mass is 414 g/mol. The Balaban J connectivity index is 1.95. The third-order valence-electron chi connectivity index (χ3n) is 4.61. The average molecular weight is 415 g/mol. The van der Waals surface area contributed by atoms with Crippen molar-refractivity contribution in [3.8, 4) is 5.75 Å². The second kappa shape index (κ2) is 10.6. The van der Waals surface area contributed by atoms with Gasteiger partial charge in [-0.05, 0) is 51.3 Å². The van der Waals surface area contributed by atoms with Gasteiger partial charge in [0.15, 0.2) is 17.5 Å². The fraction of sp³-hybridized carbons (Fsp3) is 0.632. The molecular weight excluding hydrogens is 383 g/mol. The van der Waals surface area contributed by atoms with E-state index in [0.29, 0.717) is 38.7 Å². The molecule has 0 unspecified atom stereocenters. The molecule has 1 heterocycles. The van der Waals surface area contributed by atoms with Crippen LogP contribution in [0.2, 0.25) is 0 Å². The molecule has 158 valence electrons. The maximum atomic E-state index is 14.0. The van der Waals surface area contributed by atoms with Crippen molar-refractivity contribution < 1.29 is 17.5 Å². The summed E-state index contributed by atoms with van der Waals surface area (Å²) in [4.78, 5) is 4.53. The third kappa shape index (κ3) is 6.34. The lowest BCUT2D eigenvalue weighted by Crippen LogP contribution is -2.50. The molecule has 9 heteroatoms. The first kappa shape index (κ1) is 22.4. The van der Waals surface area contributed by atoms with Crippen LogP contribution >= 0.6 is 0 Å². The number of aliphatic imine (C=N–C) groups is 1. The molecule has 0 spiro atoms. The smallest absolute Gasteiger partial charge is 0.213 e. The van der Waals surface area contributed by atoms with Crippen LogP contribution in [-0.4, -0.2) is 56.7 Å². The Kier molecular flexibility index (Phi) is 8.50. The first-order valence-corrected chi connectivity index (χ1v) is 11.4. The number of rotatable bonds is 8. The average Bonchev–Trinajstić information content (AvgIpc) is 2.69. The van der Waals surface area contributed by atoms with Crippen molar-refractivity contribution in [3.63, 3.8) is 0 Å². The number of piperidine rings is 1. The SMILES string of the molecule is CCNC(=NCc1ccc(OCC)c(F)c1)NC1CCN(S(=O)(=O)CC)CC1. The predicted molar refractivity (Wildman–Crippen MR) is 110 cm³/mol. The standard InChI is InChI=1S/C19H31FN4O3S/c1-4-21-19(22-14-15-7-8-18(27-5-2)17(20)13-15)23-16-9-11-24(12-10-16)28(25,26)6-3/h7-8,13,16H,4-6,9-12,14H2,1-3H3,(H2,21,22,23). The van der Waals surface area contributed by atoms with Crippen LogP contribution in [0.4, 0.5) is 4.39 Å². The quantitative estimate of drug-likeness (QED) is 0.503. The van der Waals surface area contributed by atoms with Gasteiger partial charge in [-0.25, -0.2) is 22.1 Å². The summed E-state index contributed by atoms with van der Waals surface area (Å²) in [5.74, 6) is 0.632. The van der Waals surface area contributed by atoms with E-state index in [-0.39, 0.29) is 17.5 Å². The molecule has 1 aliphatic heterocycles. The van der Waals surface area contributed by atoms with Crippen LogP contribution in [0.1, 0.15) is 39.2 Å². The van der Waals surface area contributed by atoms with Gasteiger partial charge in [0.1, 0.15) is 0 Å². The fourth-order valence-electron chi connectivity index (χ4n) is 3.06. The fourth-order valence-corrected chi connectivity index (χ4v) is 4.19. The van der Waals surface area contributed by atoms with Crippen LogP contribution in [0.3, 0.4) is 0 Å². The highest BCUT2D eigenvalue weighted by molar-refractivity contribution is 7.89. The zero-order chi connectivity index (χ0) is 20.6. The summed E-state index contributed by atoms with van der Waals surface area (Å²) in [5, 5.41) is 6.55. The van der Waals surface area contributed by atoms with E-state index in [4.69, 9.17) is 4.74 Å². The largest absolute Gasteiger partial charge is 0.491 e. The number of nitrogens with one attached hydrogen (secondary N) is 2. The zero-order valence-corrected chi connectivity index (χ0v) is 17.7. The van der Waals surface area contributed by atoms with E-state index in [1.54, 1.807) is 23.4 Å². The van der Waals surface area contributed by atoms with Crippen molar-refractivity contribution in [2.75, 3.05) is 32.0 Å². The molecule has 0 bridgehead atoms. The topological polar surface area (TPSA) is 83.0 Å². The molecule has 2 rings (SSSR count). The molecule has 1 aromatic carbocycles. The molecule has 28 heavy (non-hydrogen) atoms. The van der Waals surface area contributed by atoms with E-state index in [1.807, 2.05) is 13.8 Å². The van der Waals surface area contributed by atoms with Gasteiger partial charge in [0.05, 0.1) is 18.9 Å². The Morgan fingerprint density at radius 2 is 2.00 bits per heavy atom. The first-order chi connectivity index (χ1) is 13.4. The van der Waals surface area contributed by atoms with Gasteiger partial charge in [-0.15, -0.1) is 0 Å². The first-order valence-electron chi connectivity index (χ1n) is 9.83. The van der Waals surface area contributed by atoms with Crippen LogP contribution in [0.15, 0.2) is 23.2 Å². The van der Waals surface area contributed by atoms with Crippen molar-refractivity contribution >= 4 is 16.0 Å². The van der Waals surface area contributed by atoms with Gasteiger partial charge in [-0.2, -0.15) is 0 Å². The summed E-state index contributed by atoms with van der Waals surface area (Å²) >= 11 is 0. The number of nitrogens with zero attached hydrogens (tertiary/aromatic N) is 2. The van der Waals surface area contributed by atoms with Gasteiger partial charge < -0.3 is 15.4 Å².